The summed E-state index contributed by atoms with van der Waals surface area (Å²) in [5.41, 5.74) is 5.46. The zero-order valence-electron chi connectivity index (χ0n) is 17.5. The van der Waals surface area contributed by atoms with Crippen molar-refractivity contribution < 1.29 is 0 Å². The van der Waals surface area contributed by atoms with Gasteiger partial charge in [0.25, 0.3) is 0 Å². The summed E-state index contributed by atoms with van der Waals surface area (Å²) < 4.78 is 0. The maximum atomic E-state index is 6.44. The molecule has 0 spiro atoms. The Bertz CT molecular complexity index is 1630. The number of aromatic nitrogens is 4. The van der Waals surface area contributed by atoms with Gasteiger partial charge < -0.3 is 0 Å². The Balaban J connectivity index is 1.49. The monoisotopic (exact) mass is 444 g/mol. The van der Waals surface area contributed by atoms with Crippen molar-refractivity contribution in [3.63, 3.8) is 0 Å². The highest BCUT2D eigenvalue weighted by molar-refractivity contribution is 6.29. The van der Waals surface area contributed by atoms with Gasteiger partial charge in [-0.3, -0.25) is 9.97 Å². The quantitative estimate of drug-likeness (QED) is 0.270. The molecule has 0 radical (unpaired) electrons. The van der Waals surface area contributed by atoms with E-state index in [2.05, 4.69) is 51.4 Å². The van der Waals surface area contributed by atoms with E-state index in [-0.39, 0.29) is 0 Å². The summed E-state index contributed by atoms with van der Waals surface area (Å²) >= 11 is 6.44. The molecule has 0 saturated carbocycles. The lowest BCUT2D eigenvalue weighted by atomic mass is 9.98. The van der Waals surface area contributed by atoms with Crippen molar-refractivity contribution in [2.24, 2.45) is 0 Å². The third kappa shape index (κ3) is 3.60. The average molecular weight is 445 g/mol. The molecule has 0 N–H and O–H groups in total. The van der Waals surface area contributed by atoms with Crippen LogP contribution in [-0.4, -0.2) is 19.9 Å². The van der Waals surface area contributed by atoms with Gasteiger partial charge in [-0.1, -0.05) is 72.3 Å². The summed E-state index contributed by atoms with van der Waals surface area (Å²) in [6.07, 6.45) is 3.57. The molecule has 3 aromatic heterocycles. The van der Waals surface area contributed by atoms with Gasteiger partial charge in [0, 0.05) is 29.4 Å². The summed E-state index contributed by atoms with van der Waals surface area (Å²) in [4.78, 5) is 18.3. The summed E-state index contributed by atoms with van der Waals surface area (Å²) in [7, 11) is 0. The fourth-order valence-electron chi connectivity index (χ4n) is 4.19. The van der Waals surface area contributed by atoms with Crippen LogP contribution in [0.25, 0.3) is 55.6 Å². The summed E-state index contributed by atoms with van der Waals surface area (Å²) in [6, 6.07) is 30.4. The number of benzene rings is 3. The first kappa shape index (κ1) is 19.5. The standard InChI is InChI=1S/C28H17ClN4/c29-27-17-25(23-13-15-30-24-11-4-3-9-22(23)24)32-28(33-27)26-16-19(12-14-31-26)21-10-5-7-18-6-1-2-8-20(18)21/h1-17H. The first-order valence-electron chi connectivity index (χ1n) is 10.6. The van der Waals surface area contributed by atoms with Gasteiger partial charge in [0.2, 0.25) is 0 Å². The summed E-state index contributed by atoms with van der Waals surface area (Å²) in [6.45, 7) is 0. The van der Waals surface area contributed by atoms with Crippen LogP contribution in [0.5, 0.6) is 0 Å². The minimum absolute atomic E-state index is 0.369. The Hall–Kier alpha value is -4.15. The van der Waals surface area contributed by atoms with Gasteiger partial charge in [-0.05, 0) is 46.2 Å². The van der Waals surface area contributed by atoms with E-state index in [9.17, 15) is 0 Å². The van der Waals surface area contributed by atoms with Gasteiger partial charge in [0.15, 0.2) is 5.82 Å². The van der Waals surface area contributed by atoms with Crippen LogP contribution in [0.2, 0.25) is 5.15 Å². The van der Waals surface area contributed by atoms with E-state index in [1.165, 1.54) is 10.8 Å². The Kier molecular flexibility index (Phi) is 4.78. The summed E-state index contributed by atoms with van der Waals surface area (Å²) in [5, 5.41) is 3.76. The highest BCUT2D eigenvalue weighted by Crippen LogP contribution is 2.32. The normalized spacial score (nSPS) is 11.2. The Morgan fingerprint density at radius 2 is 1.36 bits per heavy atom. The maximum Gasteiger partial charge on any atom is 0.180 e. The Morgan fingerprint density at radius 3 is 2.30 bits per heavy atom. The topological polar surface area (TPSA) is 51.6 Å². The maximum absolute atomic E-state index is 6.44. The second-order valence-corrected chi connectivity index (χ2v) is 8.12. The molecule has 0 unspecified atom stereocenters. The number of fused-ring (bicyclic) bond motifs is 2. The van der Waals surface area contributed by atoms with Crippen molar-refractivity contribution in [3.05, 3.63) is 109 Å². The molecule has 0 bridgehead atoms. The lowest BCUT2D eigenvalue weighted by Crippen LogP contribution is -1.96. The van der Waals surface area contributed by atoms with E-state index < -0.39 is 0 Å². The molecule has 156 valence electrons. The number of hydrogen-bond donors (Lipinski definition) is 0. The zero-order valence-corrected chi connectivity index (χ0v) is 18.2. The fourth-order valence-corrected chi connectivity index (χ4v) is 4.37. The predicted molar refractivity (Wildman–Crippen MR) is 134 cm³/mol. The van der Waals surface area contributed by atoms with E-state index in [0.717, 1.165) is 33.3 Å². The second kappa shape index (κ2) is 8.08. The highest BCUT2D eigenvalue weighted by atomic mass is 35.5. The van der Waals surface area contributed by atoms with Gasteiger partial charge >= 0.3 is 0 Å². The summed E-state index contributed by atoms with van der Waals surface area (Å²) in [5.74, 6) is 0.487. The number of nitrogens with zero attached hydrogens (tertiary/aromatic N) is 4. The van der Waals surface area contributed by atoms with Gasteiger partial charge in [0.05, 0.1) is 11.2 Å². The molecule has 0 aliphatic rings. The van der Waals surface area contributed by atoms with Gasteiger partial charge in [-0.2, -0.15) is 0 Å². The van der Waals surface area contributed by atoms with Gasteiger partial charge in [-0.25, -0.2) is 9.97 Å². The van der Waals surface area contributed by atoms with Crippen molar-refractivity contribution in [2.75, 3.05) is 0 Å². The highest BCUT2D eigenvalue weighted by Gasteiger charge is 2.13. The minimum Gasteiger partial charge on any atom is -0.256 e. The molecule has 6 rings (SSSR count). The molecule has 5 heteroatoms. The SMILES string of the molecule is Clc1cc(-c2ccnc3ccccc23)nc(-c2cc(-c3cccc4ccccc34)ccn2)n1. The molecule has 3 heterocycles. The van der Waals surface area contributed by atoms with Crippen molar-refractivity contribution in [3.8, 4) is 33.9 Å². The molecule has 6 aromatic rings. The third-order valence-electron chi connectivity index (χ3n) is 5.71. The first-order valence-corrected chi connectivity index (χ1v) is 11.0. The van der Waals surface area contributed by atoms with Crippen LogP contribution in [0.3, 0.4) is 0 Å². The van der Waals surface area contributed by atoms with Gasteiger partial charge in [-0.15, -0.1) is 0 Å². The van der Waals surface area contributed by atoms with Crippen LogP contribution in [0.4, 0.5) is 0 Å². The lowest BCUT2D eigenvalue weighted by Gasteiger charge is -2.10. The number of para-hydroxylation sites is 1. The van der Waals surface area contributed by atoms with E-state index in [1.807, 2.05) is 48.5 Å². The molecule has 0 aliphatic heterocycles. The molecule has 3 aromatic carbocycles. The smallest absolute Gasteiger partial charge is 0.180 e. The Morgan fingerprint density at radius 1 is 0.576 bits per heavy atom. The predicted octanol–water partition coefficient (Wildman–Crippen LogP) is 7.23. The lowest BCUT2D eigenvalue weighted by molar-refractivity contribution is 1.14. The molecule has 0 saturated heterocycles. The largest absolute Gasteiger partial charge is 0.256 e. The van der Waals surface area contributed by atoms with E-state index in [4.69, 9.17) is 16.6 Å². The number of halogens is 1. The van der Waals surface area contributed by atoms with Crippen LogP contribution < -0.4 is 0 Å². The molecule has 33 heavy (non-hydrogen) atoms. The van der Waals surface area contributed by atoms with Crippen molar-refractivity contribution in [2.45, 2.75) is 0 Å². The number of pyridine rings is 2. The molecular formula is C28H17ClN4. The van der Waals surface area contributed by atoms with Crippen molar-refractivity contribution in [1.82, 2.24) is 19.9 Å². The van der Waals surface area contributed by atoms with Crippen LogP contribution in [0.1, 0.15) is 0 Å². The zero-order chi connectivity index (χ0) is 22.2. The van der Waals surface area contributed by atoms with E-state index in [1.54, 1.807) is 18.5 Å². The van der Waals surface area contributed by atoms with E-state index >= 15 is 0 Å². The molecular weight excluding hydrogens is 428 g/mol. The first-order chi connectivity index (χ1) is 16.3. The fraction of sp³-hybridized carbons (Fsp3) is 0. The van der Waals surface area contributed by atoms with Crippen LogP contribution in [0, 0.1) is 0 Å². The average Bonchev–Trinajstić information content (AvgIpc) is 2.88. The number of rotatable bonds is 3. The molecule has 0 fully saturated rings. The van der Waals surface area contributed by atoms with Crippen LogP contribution >= 0.6 is 11.6 Å². The molecule has 0 amide bonds. The molecule has 0 atom stereocenters. The van der Waals surface area contributed by atoms with Crippen molar-refractivity contribution >= 4 is 33.3 Å². The minimum atomic E-state index is 0.369. The van der Waals surface area contributed by atoms with E-state index in [0.29, 0.717) is 16.7 Å². The number of hydrogen-bond acceptors (Lipinski definition) is 4. The molecule has 0 aliphatic carbocycles. The van der Waals surface area contributed by atoms with Crippen molar-refractivity contribution in [1.29, 1.82) is 0 Å². The molecule has 4 nitrogen and oxygen atoms in total. The van der Waals surface area contributed by atoms with Gasteiger partial charge in [0.1, 0.15) is 10.8 Å². The van der Waals surface area contributed by atoms with Crippen LogP contribution in [-0.2, 0) is 0 Å². The second-order valence-electron chi connectivity index (χ2n) is 7.73. The van der Waals surface area contributed by atoms with Crippen LogP contribution in [0.15, 0.2) is 103 Å². The third-order valence-corrected chi connectivity index (χ3v) is 5.90. The Labute approximate surface area is 195 Å².